The van der Waals surface area contributed by atoms with E-state index in [4.69, 9.17) is 0 Å². The summed E-state index contributed by atoms with van der Waals surface area (Å²) in [6.45, 7) is 8.27. The number of rotatable bonds is 11. The van der Waals surface area contributed by atoms with Crippen molar-refractivity contribution in [2.75, 3.05) is 5.75 Å². The number of carbonyl (C=O) groups excluding carboxylic acids is 2. The second-order valence-electron chi connectivity index (χ2n) is 7.83. The van der Waals surface area contributed by atoms with Crippen LogP contribution >= 0.6 is 11.8 Å². The van der Waals surface area contributed by atoms with Crippen LogP contribution in [0.4, 0.5) is 4.39 Å². The molecule has 0 saturated carbocycles. The third-order valence-electron chi connectivity index (χ3n) is 5.30. The molecule has 0 bridgehead atoms. The van der Waals surface area contributed by atoms with Crippen LogP contribution in [-0.4, -0.2) is 34.6 Å². The monoisotopic (exact) mass is 444 g/mol. The van der Waals surface area contributed by atoms with Gasteiger partial charge in [0.05, 0.1) is 5.75 Å². The van der Waals surface area contributed by atoms with Crippen molar-refractivity contribution < 1.29 is 14.0 Å². The Labute approximate surface area is 189 Å². The van der Waals surface area contributed by atoms with Crippen LogP contribution in [0.2, 0.25) is 0 Å². The van der Waals surface area contributed by atoms with Gasteiger partial charge in [0.1, 0.15) is 11.9 Å². The highest BCUT2D eigenvalue weighted by Crippen LogP contribution is 2.19. The standard InChI is InChI=1S/C25H33FN2O2S/c1-5-19(4)27-25(30)23(6-2)28(15-20-13-11-18(3)12-14-20)24(29)17-31-16-21-9-7-8-10-22(21)26/h7-14,19,23H,5-6,15-17H2,1-4H3,(H,27,30)/t19-,23+/m0/s1. The second kappa shape index (κ2) is 12.5. The molecule has 0 radical (unpaired) electrons. The lowest BCUT2D eigenvalue weighted by Gasteiger charge is -2.31. The summed E-state index contributed by atoms with van der Waals surface area (Å²) in [7, 11) is 0. The number of carbonyl (C=O) groups is 2. The van der Waals surface area contributed by atoms with Crippen molar-refractivity contribution >= 4 is 23.6 Å². The summed E-state index contributed by atoms with van der Waals surface area (Å²) >= 11 is 1.37. The molecule has 2 aromatic rings. The van der Waals surface area contributed by atoms with Crippen LogP contribution in [0.15, 0.2) is 48.5 Å². The van der Waals surface area contributed by atoms with E-state index < -0.39 is 6.04 Å². The Bertz CT molecular complexity index is 857. The average Bonchev–Trinajstić information content (AvgIpc) is 2.76. The van der Waals surface area contributed by atoms with Crippen molar-refractivity contribution in [2.45, 2.75) is 64.9 Å². The van der Waals surface area contributed by atoms with E-state index in [0.29, 0.717) is 24.3 Å². The number of amides is 2. The van der Waals surface area contributed by atoms with E-state index in [0.717, 1.165) is 17.5 Å². The van der Waals surface area contributed by atoms with Gasteiger partial charge in [0, 0.05) is 18.3 Å². The van der Waals surface area contributed by atoms with Crippen LogP contribution in [0.3, 0.4) is 0 Å². The Morgan fingerprint density at radius 2 is 1.74 bits per heavy atom. The van der Waals surface area contributed by atoms with Gasteiger partial charge in [-0.2, -0.15) is 0 Å². The Kier molecular flexibility index (Phi) is 10.0. The fourth-order valence-electron chi connectivity index (χ4n) is 3.20. The van der Waals surface area contributed by atoms with Crippen LogP contribution in [0.25, 0.3) is 0 Å². The molecule has 0 unspecified atom stereocenters. The van der Waals surface area contributed by atoms with E-state index in [1.165, 1.54) is 17.8 Å². The van der Waals surface area contributed by atoms with Gasteiger partial charge in [-0.25, -0.2) is 4.39 Å². The topological polar surface area (TPSA) is 49.4 Å². The molecule has 0 heterocycles. The summed E-state index contributed by atoms with van der Waals surface area (Å²) in [5, 5.41) is 3.01. The molecular weight excluding hydrogens is 411 g/mol. The lowest BCUT2D eigenvalue weighted by molar-refractivity contribution is -0.139. The quantitative estimate of drug-likeness (QED) is 0.525. The highest BCUT2D eigenvalue weighted by Gasteiger charge is 2.29. The minimum absolute atomic E-state index is 0.0494. The fourth-order valence-corrected chi connectivity index (χ4v) is 4.09. The Morgan fingerprint density at radius 1 is 1.06 bits per heavy atom. The number of halogens is 1. The lowest BCUT2D eigenvalue weighted by Crippen LogP contribution is -2.51. The smallest absolute Gasteiger partial charge is 0.243 e. The molecule has 2 rings (SSSR count). The summed E-state index contributed by atoms with van der Waals surface area (Å²) < 4.78 is 13.9. The maximum absolute atomic E-state index is 13.9. The molecule has 168 valence electrons. The number of nitrogens with zero attached hydrogens (tertiary/aromatic N) is 1. The van der Waals surface area contributed by atoms with Gasteiger partial charge in [-0.1, -0.05) is 61.9 Å². The molecule has 0 aliphatic carbocycles. The first-order chi connectivity index (χ1) is 14.8. The zero-order valence-electron chi connectivity index (χ0n) is 18.9. The van der Waals surface area contributed by atoms with Crippen molar-refractivity contribution in [3.63, 3.8) is 0 Å². The summed E-state index contributed by atoms with van der Waals surface area (Å²) in [5.41, 5.74) is 2.70. The van der Waals surface area contributed by atoms with Gasteiger partial charge in [0.15, 0.2) is 0 Å². The van der Waals surface area contributed by atoms with E-state index in [1.807, 2.05) is 52.0 Å². The Hall–Kier alpha value is -2.34. The number of aryl methyl sites for hydroxylation is 1. The molecule has 0 fully saturated rings. The predicted octanol–water partition coefficient (Wildman–Crippen LogP) is 5.09. The first-order valence-electron chi connectivity index (χ1n) is 10.8. The van der Waals surface area contributed by atoms with Crippen molar-refractivity contribution in [1.82, 2.24) is 10.2 Å². The first-order valence-corrected chi connectivity index (χ1v) is 12.0. The number of hydrogen-bond donors (Lipinski definition) is 1. The third kappa shape index (κ3) is 7.69. The van der Waals surface area contributed by atoms with Gasteiger partial charge in [-0.15, -0.1) is 11.8 Å². The maximum atomic E-state index is 13.9. The summed E-state index contributed by atoms with van der Waals surface area (Å²) in [4.78, 5) is 27.8. The SMILES string of the molecule is CC[C@H](C(=O)N[C@@H](C)CC)N(Cc1ccc(C)cc1)C(=O)CSCc1ccccc1F. The van der Waals surface area contributed by atoms with Gasteiger partial charge < -0.3 is 10.2 Å². The Balaban J connectivity index is 2.14. The van der Waals surface area contributed by atoms with E-state index in [1.54, 1.807) is 23.1 Å². The molecular formula is C25H33FN2O2S. The number of thioether (sulfide) groups is 1. The molecule has 0 aromatic heterocycles. The van der Waals surface area contributed by atoms with Crippen molar-refractivity contribution in [3.05, 3.63) is 71.0 Å². The molecule has 1 N–H and O–H groups in total. The normalized spacial score (nSPS) is 12.8. The largest absolute Gasteiger partial charge is 0.352 e. The molecule has 4 nitrogen and oxygen atoms in total. The molecule has 0 aliphatic rings. The highest BCUT2D eigenvalue weighted by molar-refractivity contribution is 7.99. The molecule has 0 spiro atoms. The van der Waals surface area contributed by atoms with Gasteiger partial charge in [0.25, 0.3) is 0 Å². The van der Waals surface area contributed by atoms with Crippen LogP contribution in [0, 0.1) is 12.7 Å². The summed E-state index contributed by atoms with van der Waals surface area (Å²) in [6.07, 6.45) is 1.35. The van der Waals surface area contributed by atoms with Gasteiger partial charge in [0.2, 0.25) is 11.8 Å². The van der Waals surface area contributed by atoms with Crippen LogP contribution in [-0.2, 0) is 21.9 Å². The number of nitrogens with one attached hydrogen (secondary N) is 1. The maximum Gasteiger partial charge on any atom is 0.243 e. The molecule has 2 amide bonds. The molecule has 0 saturated heterocycles. The number of benzene rings is 2. The van der Waals surface area contributed by atoms with Crippen molar-refractivity contribution in [3.8, 4) is 0 Å². The van der Waals surface area contributed by atoms with Gasteiger partial charge in [-0.05, 0) is 43.9 Å². The molecule has 2 aromatic carbocycles. The van der Waals surface area contributed by atoms with Crippen LogP contribution < -0.4 is 5.32 Å². The molecule has 2 atom stereocenters. The lowest BCUT2D eigenvalue weighted by atomic mass is 10.1. The molecule has 6 heteroatoms. The Morgan fingerprint density at radius 3 is 2.35 bits per heavy atom. The fraction of sp³-hybridized carbons (Fsp3) is 0.440. The highest BCUT2D eigenvalue weighted by atomic mass is 32.2. The first kappa shape index (κ1) is 24.9. The molecule has 31 heavy (non-hydrogen) atoms. The minimum Gasteiger partial charge on any atom is -0.352 e. The zero-order valence-corrected chi connectivity index (χ0v) is 19.7. The van der Waals surface area contributed by atoms with E-state index in [2.05, 4.69) is 5.32 Å². The average molecular weight is 445 g/mol. The minimum atomic E-state index is -0.545. The molecule has 0 aliphatic heterocycles. The van der Waals surface area contributed by atoms with Crippen LogP contribution in [0.5, 0.6) is 0 Å². The van der Waals surface area contributed by atoms with Crippen LogP contribution in [0.1, 0.15) is 50.3 Å². The zero-order chi connectivity index (χ0) is 22.8. The van der Waals surface area contributed by atoms with E-state index >= 15 is 0 Å². The summed E-state index contributed by atoms with van der Waals surface area (Å²) in [5.74, 6) is 0.0859. The van der Waals surface area contributed by atoms with Crippen molar-refractivity contribution in [1.29, 1.82) is 0 Å². The van der Waals surface area contributed by atoms with E-state index in [-0.39, 0.29) is 29.4 Å². The van der Waals surface area contributed by atoms with Gasteiger partial charge >= 0.3 is 0 Å². The number of hydrogen-bond acceptors (Lipinski definition) is 3. The summed E-state index contributed by atoms with van der Waals surface area (Å²) in [6, 6.07) is 14.1. The van der Waals surface area contributed by atoms with E-state index in [9.17, 15) is 14.0 Å². The second-order valence-corrected chi connectivity index (χ2v) is 8.82. The third-order valence-corrected chi connectivity index (χ3v) is 6.27. The van der Waals surface area contributed by atoms with Crippen molar-refractivity contribution in [2.24, 2.45) is 0 Å². The predicted molar refractivity (Wildman–Crippen MR) is 126 cm³/mol. The van der Waals surface area contributed by atoms with Gasteiger partial charge in [-0.3, -0.25) is 9.59 Å².